The Hall–Kier alpha value is -0.940. The Morgan fingerprint density at radius 2 is 2.43 bits per heavy atom. The fourth-order valence-electron chi connectivity index (χ4n) is 1.13. The van der Waals surface area contributed by atoms with Gasteiger partial charge in [0.15, 0.2) is 0 Å². The van der Waals surface area contributed by atoms with E-state index in [-0.39, 0.29) is 5.97 Å². The Bertz CT molecular complexity index is 495. The van der Waals surface area contributed by atoms with Gasteiger partial charge in [-0.3, -0.25) is 0 Å². The number of hydrogen-bond donors (Lipinski definition) is 0. The second-order valence-corrected chi connectivity index (χ2v) is 4.43. The van der Waals surface area contributed by atoms with E-state index in [1.807, 2.05) is 6.07 Å². The number of halogens is 1. The lowest BCUT2D eigenvalue weighted by Gasteiger charge is -1.90. The van der Waals surface area contributed by atoms with Gasteiger partial charge < -0.3 is 4.74 Å². The number of nitrogens with zero attached hydrogens (tertiary/aromatic N) is 1. The number of aromatic nitrogens is 1. The molecule has 14 heavy (non-hydrogen) atoms. The largest absolute Gasteiger partial charge is 0.465 e. The van der Waals surface area contributed by atoms with Crippen LogP contribution in [0, 0.1) is 0 Å². The van der Waals surface area contributed by atoms with Crippen molar-refractivity contribution in [3.8, 4) is 0 Å². The van der Waals surface area contributed by atoms with E-state index in [1.165, 1.54) is 18.4 Å². The molecule has 0 fully saturated rings. The normalized spacial score (nSPS) is 10.4. The Labute approximate surface area is 92.8 Å². The highest BCUT2D eigenvalue weighted by Gasteiger charge is 2.11. The number of rotatable bonds is 1. The lowest BCUT2D eigenvalue weighted by Crippen LogP contribution is -1.96. The number of carbonyl (C=O) groups excluding carboxylic acids is 1. The van der Waals surface area contributed by atoms with Gasteiger partial charge in [-0.25, -0.2) is 9.78 Å². The predicted molar refractivity (Wildman–Crippen MR) is 58.7 cm³/mol. The molecule has 0 saturated carbocycles. The molecule has 72 valence electrons. The molecule has 0 saturated heterocycles. The van der Waals surface area contributed by atoms with Crippen LogP contribution in [-0.4, -0.2) is 18.1 Å². The second-order valence-electron chi connectivity index (χ2n) is 2.62. The molecule has 0 aliphatic rings. The average molecular weight is 272 g/mol. The summed E-state index contributed by atoms with van der Waals surface area (Å²) in [7, 11) is 1.38. The summed E-state index contributed by atoms with van der Waals surface area (Å²) in [5.41, 5.74) is 0. The average Bonchev–Trinajstić information content (AvgIpc) is 2.62. The van der Waals surface area contributed by atoms with E-state index in [4.69, 9.17) is 0 Å². The molecule has 2 heterocycles. The standard InChI is InChI=1S/C9H6BrNO2S/c1-13-9(12)6-4-5-2-3-11-8(10)7(5)14-6/h2-4H,1H3. The number of hydrogen-bond acceptors (Lipinski definition) is 4. The maximum absolute atomic E-state index is 11.2. The maximum atomic E-state index is 11.2. The van der Waals surface area contributed by atoms with Crippen LogP contribution in [0.3, 0.4) is 0 Å². The number of carbonyl (C=O) groups is 1. The van der Waals surface area contributed by atoms with E-state index in [2.05, 4.69) is 25.7 Å². The first-order chi connectivity index (χ1) is 6.72. The van der Waals surface area contributed by atoms with Gasteiger partial charge in [-0.1, -0.05) is 0 Å². The van der Waals surface area contributed by atoms with E-state index in [0.29, 0.717) is 4.88 Å². The first-order valence-corrected chi connectivity index (χ1v) is 5.45. The molecule has 0 amide bonds. The minimum atomic E-state index is -0.307. The highest BCUT2D eigenvalue weighted by Crippen LogP contribution is 2.30. The lowest BCUT2D eigenvalue weighted by atomic mass is 10.3. The minimum Gasteiger partial charge on any atom is -0.465 e. The topological polar surface area (TPSA) is 39.2 Å². The van der Waals surface area contributed by atoms with Gasteiger partial charge in [0, 0.05) is 6.20 Å². The monoisotopic (exact) mass is 271 g/mol. The van der Waals surface area contributed by atoms with Crippen molar-refractivity contribution in [1.82, 2.24) is 4.98 Å². The molecule has 0 aromatic carbocycles. The molecule has 0 bridgehead atoms. The third kappa shape index (κ3) is 1.53. The maximum Gasteiger partial charge on any atom is 0.348 e. The molecule has 0 atom stereocenters. The molecular weight excluding hydrogens is 266 g/mol. The first kappa shape index (κ1) is 9.61. The molecule has 2 aromatic heterocycles. The summed E-state index contributed by atoms with van der Waals surface area (Å²) in [5.74, 6) is -0.307. The molecule has 5 heteroatoms. The van der Waals surface area contributed by atoms with Crippen LogP contribution in [0.5, 0.6) is 0 Å². The Balaban J connectivity index is 2.62. The molecule has 3 nitrogen and oxygen atoms in total. The highest BCUT2D eigenvalue weighted by molar-refractivity contribution is 9.10. The van der Waals surface area contributed by atoms with Gasteiger partial charge >= 0.3 is 5.97 Å². The molecule has 0 radical (unpaired) electrons. The van der Waals surface area contributed by atoms with Crippen LogP contribution < -0.4 is 0 Å². The third-order valence-corrected chi connectivity index (χ3v) is 3.78. The summed E-state index contributed by atoms with van der Waals surface area (Å²) in [6.07, 6.45) is 1.69. The number of fused-ring (bicyclic) bond motifs is 1. The van der Waals surface area contributed by atoms with Crippen LogP contribution in [0.1, 0.15) is 9.67 Å². The summed E-state index contributed by atoms with van der Waals surface area (Å²) in [6, 6.07) is 3.67. The number of methoxy groups -OCH3 is 1. The Morgan fingerprint density at radius 1 is 1.64 bits per heavy atom. The van der Waals surface area contributed by atoms with Crippen LogP contribution in [-0.2, 0) is 4.74 Å². The van der Waals surface area contributed by atoms with Crippen LogP contribution >= 0.6 is 27.3 Å². The van der Waals surface area contributed by atoms with Crippen molar-refractivity contribution < 1.29 is 9.53 Å². The Kier molecular flexibility index (Phi) is 2.52. The zero-order chi connectivity index (χ0) is 10.1. The smallest absolute Gasteiger partial charge is 0.348 e. The van der Waals surface area contributed by atoms with Gasteiger partial charge in [-0.2, -0.15) is 0 Å². The number of esters is 1. The van der Waals surface area contributed by atoms with Crippen LogP contribution in [0.2, 0.25) is 0 Å². The Morgan fingerprint density at radius 3 is 3.07 bits per heavy atom. The van der Waals surface area contributed by atoms with Crippen molar-refractivity contribution in [2.24, 2.45) is 0 Å². The van der Waals surface area contributed by atoms with Crippen molar-refractivity contribution in [1.29, 1.82) is 0 Å². The first-order valence-electron chi connectivity index (χ1n) is 3.84. The zero-order valence-electron chi connectivity index (χ0n) is 7.28. The number of ether oxygens (including phenoxy) is 1. The molecule has 0 aliphatic heterocycles. The van der Waals surface area contributed by atoms with Gasteiger partial charge in [-0.15, -0.1) is 11.3 Å². The molecule has 0 spiro atoms. The number of thiophene rings is 1. The fourth-order valence-corrected chi connectivity index (χ4v) is 2.68. The summed E-state index contributed by atoms with van der Waals surface area (Å²) >= 11 is 4.70. The van der Waals surface area contributed by atoms with Crippen molar-refractivity contribution in [3.05, 3.63) is 27.8 Å². The summed E-state index contributed by atoms with van der Waals surface area (Å²) in [4.78, 5) is 15.9. The number of pyridine rings is 1. The molecule has 2 rings (SSSR count). The molecular formula is C9H6BrNO2S. The van der Waals surface area contributed by atoms with Crippen LogP contribution in [0.15, 0.2) is 22.9 Å². The quantitative estimate of drug-likeness (QED) is 0.592. The van der Waals surface area contributed by atoms with Crippen molar-refractivity contribution in [3.63, 3.8) is 0 Å². The predicted octanol–water partition coefficient (Wildman–Crippen LogP) is 2.85. The van der Waals surface area contributed by atoms with E-state index in [9.17, 15) is 4.79 Å². The second kappa shape index (κ2) is 3.67. The van der Waals surface area contributed by atoms with E-state index in [1.54, 1.807) is 12.3 Å². The van der Waals surface area contributed by atoms with Crippen LogP contribution in [0.25, 0.3) is 10.1 Å². The SMILES string of the molecule is COC(=O)c1cc2ccnc(Br)c2s1. The zero-order valence-corrected chi connectivity index (χ0v) is 9.68. The van der Waals surface area contributed by atoms with E-state index < -0.39 is 0 Å². The third-order valence-electron chi connectivity index (χ3n) is 1.78. The van der Waals surface area contributed by atoms with Crippen molar-refractivity contribution in [2.45, 2.75) is 0 Å². The molecule has 0 N–H and O–H groups in total. The van der Waals surface area contributed by atoms with Gasteiger partial charge in [0.1, 0.15) is 9.48 Å². The molecule has 0 unspecified atom stereocenters. The summed E-state index contributed by atoms with van der Waals surface area (Å²) in [5, 5.41) is 0.997. The summed E-state index contributed by atoms with van der Waals surface area (Å²) < 4.78 is 6.37. The van der Waals surface area contributed by atoms with E-state index in [0.717, 1.165) is 14.7 Å². The van der Waals surface area contributed by atoms with Gasteiger partial charge in [0.2, 0.25) is 0 Å². The van der Waals surface area contributed by atoms with Gasteiger partial charge in [-0.05, 0) is 33.4 Å². The molecule has 0 aliphatic carbocycles. The van der Waals surface area contributed by atoms with Gasteiger partial charge in [0.25, 0.3) is 0 Å². The van der Waals surface area contributed by atoms with Crippen molar-refractivity contribution in [2.75, 3.05) is 7.11 Å². The van der Waals surface area contributed by atoms with Gasteiger partial charge in [0.05, 0.1) is 11.8 Å². The van der Waals surface area contributed by atoms with Crippen LogP contribution in [0.4, 0.5) is 0 Å². The van der Waals surface area contributed by atoms with E-state index >= 15 is 0 Å². The minimum absolute atomic E-state index is 0.307. The lowest BCUT2D eigenvalue weighted by molar-refractivity contribution is 0.0606. The molecule has 2 aromatic rings. The van der Waals surface area contributed by atoms with Crippen molar-refractivity contribution >= 4 is 43.3 Å². The highest BCUT2D eigenvalue weighted by atomic mass is 79.9. The fraction of sp³-hybridized carbons (Fsp3) is 0.111. The summed E-state index contributed by atoms with van der Waals surface area (Å²) in [6.45, 7) is 0.